The minimum absolute atomic E-state index is 0.0242. The smallest absolute Gasteiger partial charge is 0.306 e. The van der Waals surface area contributed by atoms with Crippen molar-refractivity contribution in [2.75, 3.05) is 26.2 Å². The highest BCUT2D eigenvalue weighted by Gasteiger charge is 2.37. The number of nitrogens with one attached hydrogen (secondary N) is 4. The van der Waals surface area contributed by atoms with Crippen LogP contribution in [0.2, 0.25) is 0 Å². The molecule has 19 heteroatoms. The third-order valence-corrected chi connectivity index (χ3v) is 12.8. The van der Waals surface area contributed by atoms with E-state index in [-0.39, 0.29) is 107 Å². The topological polar surface area (TPSA) is 306 Å². The van der Waals surface area contributed by atoms with E-state index in [1.54, 1.807) is 0 Å². The summed E-state index contributed by atoms with van der Waals surface area (Å²) in [6.45, 7) is 11.2. The number of Topliss-reactive ketones (excluding diaryl/α,β-unsaturated/α-hetero) is 5. The third kappa shape index (κ3) is 21.6. The summed E-state index contributed by atoms with van der Waals surface area (Å²) in [5, 5.41) is 29.9. The Balaban J connectivity index is 1.98. The van der Waals surface area contributed by atoms with Crippen molar-refractivity contribution in [3.63, 3.8) is 0 Å². The number of primary amides is 1. The second kappa shape index (κ2) is 30.6. The molecule has 0 aromatic heterocycles. The lowest BCUT2D eigenvalue weighted by atomic mass is 9.88. The maximum absolute atomic E-state index is 13.6. The fourth-order valence-electron chi connectivity index (χ4n) is 8.97. The Morgan fingerprint density at radius 1 is 0.735 bits per heavy atom. The number of aliphatic carboxylic acids is 1. The van der Waals surface area contributed by atoms with Crippen LogP contribution in [-0.4, -0.2) is 130 Å². The molecule has 2 rings (SSSR count). The molecule has 0 unspecified atom stereocenters. The lowest BCUT2D eigenvalue weighted by molar-refractivity contribution is -0.145. The van der Waals surface area contributed by atoms with Crippen LogP contribution in [-0.2, 0) is 52.7 Å². The van der Waals surface area contributed by atoms with Crippen molar-refractivity contribution >= 4 is 64.4 Å². The standard InChI is InChI=1S/C49H80N6O13/c1-7-8-9-11-33(49(67)68)24-43(61)39-12-10-19-55(39)46(64)18-15-40(58)31(6)53-48(66)34(20-29(2)3)23-36(57)27-52-47(65)35(21-30(4)5)25-42(60)37(13-16-44(50)62)54-45(63)17-14-41(59)38-22-32(28-56)26-51-38/h29-35,37-39,51,56H,7-28H2,1-6H3,(H2,50,62)(H,52,65)(H,53,66)(H,54,63)(H,67,68)/t31-,32+,33+,34+,35+,37-,38-,39-/m0/s1. The molecule has 0 bridgehead atoms. The van der Waals surface area contributed by atoms with Crippen molar-refractivity contribution in [1.82, 2.24) is 26.2 Å². The highest BCUT2D eigenvalue weighted by Crippen LogP contribution is 2.25. The lowest BCUT2D eigenvalue weighted by Gasteiger charge is -2.25. The molecule has 0 aliphatic carbocycles. The molecule has 2 heterocycles. The van der Waals surface area contributed by atoms with Crippen molar-refractivity contribution in [3.05, 3.63) is 0 Å². The summed E-state index contributed by atoms with van der Waals surface area (Å²) in [5.74, 6) is -8.51. The number of rotatable bonds is 35. The average molecular weight is 961 g/mol. The Morgan fingerprint density at radius 2 is 1.40 bits per heavy atom. The summed E-state index contributed by atoms with van der Waals surface area (Å²) in [6, 6.07) is -3.39. The van der Waals surface area contributed by atoms with Crippen LogP contribution in [0, 0.1) is 35.5 Å². The van der Waals surface area contributed by atoms with Gasteiger partial charge < -0.3 is 42.1 Å². The van der Waals surface area contributed by atoms with Crippen molar-refractivity contribution in [3.8, 4) is 0 Å². The van der Waals surface area contributed by atoms with Crippen molar-refractivity contribution in [1.29, 1.82) is 0 Å². The van der Waals surface area contributed by atoms with Crippen LogP contribution in [0.3, 0.4) is 0 Å². The number of amides is 5. The van der Waals surface area contributed by atoms with Gasteiger partial charge in [0.1, 0.15) is 5.78 Å². The first-order valence-electron chi connectivity index (χ1n) is 24.7. The van der Waals surface area contributed by atoms with Gasteiger partial charge in [-0.1, -0.05) is 53.9 Å². The number of ketones is 5. The molecular weight excluding hydrogens is 881 g/mol. The molecule has 0 spiro atoms. The summed E-state index contributed by atoms with van der Waals surface area (Å²) >= 11 is 0. The molecule has 19 nitrogen and oxygen atoms in total. The quantitative estimate of drug-likeness (QED) is 0.0450. The second-order valence-corrected chi connectivity index (χ2v) is 19.8. The second-order valence-electron chi connectivity index (χ2n) is 19.8. The minimum atomic E-state index is -1.17. The van der Waals surface area contributed by atoms with Crippen LogP contribution >= 0.6 is 0 Å². The van der Waals surface area contributed by atoms with Gasteiger partial charge in [0.15, 0.2) is 23.1 Å². The number of hydrogen-bond donors (Lipinski definition) is 7. The highest BCUT2D eigenvalue weighted by molar-refractivity contribution is 5.97. The van der Waals surface area contributed by atoms with Crippen LogP contribution in [0.5, 0.6) is 0 Å². The zero-order valence-corrected chi connectivity index (χ0v) is 41.2. The molecule has 2 aliphatic rings. The van der Waals surface area contributed by atoms with Gasteiger partial charge in [-0.3, -0.25) is 52.7 Å². The molecule has 384 valence electrons. The molecule has 0 radical (unpaired) electrons. The fourth-order valence-corrected chi connectivity index (χ4v) is 8.97. The third-order valence-electron chi connectivity index (χ3n) is 12.8. The van der Waals surface area contributed by atoms with Gasteiger partial charge in [0.25, 0.3) is 0 Å². The van der Waals surface area contributed by atoms with Gasteiger partial charge in [-0.15, -0.1) is 0 Å². The Labute approximate surface area is 401 Å². The molecule has 2 saturated heterocycles. The molecule has 5 amide bonds. The van der Waals surface area contributed by atoms with Gasteiger partial charge in [0.05, 0.1) is 36.6 Å². The van der Waals surface area contributed by atoms with Gasteiger partial charge in [0, 0.05) is 82.9 Å². The number of aliphatic hydroxyl groups excluding tert-OH is 1. The molecule has 0 aromatic rings. The van der Waals surface area contributed by atoms with Gasteiger partial charge in [0.2, 0.25) is 29.5 Å². The van der Waals surface area contributed by atoms with E-state index in [0.717, 1.165) is 12.8 Å². The number of hydrogen-bond acceptors (Lipinski definition) is 13. The molecule has 8 atom stereocenters. The predicted octanol–water partition coefficient (Wildman–Crippen LogP) is 2.50. The largest absolute Gasteiger partial charge is 0.481 e. The Morgan fingerprint density at radius 3 is 1.99 bits per heavy atom. The number of unbranched alkanes of at least 4 members (excludes halogenated alkanes) is 2. The van der Waals surface area contributed by atoms with Crippen LogP contribution in [0.25, 0.3) is 0 Å². The fraction of sp³-hybridized carbons (Fsp3) is 0.776. The molecular formula is C49H80N6O13. The van der Waals surface area contributed by atoms with Gasteiger partial charge in [-0.2, -0.15) is 0 Å². The zero-order valence-electron chi connectivity index (χ0n) is 41.2. The average Bonchev–Trinajstić information content (AvgIpc) is 3.98. The summed E-state index contributed by atoms with van der Waals surface area (Å²) in [5.41, 5.74) is 5.34. The molecule has 2 aliphatic heterocycles. The van der Waals surface area contributed by atoms with E-state index in [4.69, 9.17) is 5.73 Å². The molecule has 0 aromatic carbocycles. The van der Waals surface area contributed by atoms with E-state index in [0.29, 0.717) is 45.2 Å². The number of likely N-dealkylation sites (tertiary alicyclic amines) is 1. The van der Waals surface area contributed by atoms with Crippen LogP contribution in [0.4, 0.5) is 0 Å². The van der Waals surface area contributed by atoms with Gasteiger partial charge >= 0.3 is 5.97 Å². The first-order chi connectivity index (χ1) is 32.1. The van der Waals surface area contributed by atoms with E-state index in [2.05, 4.69) is 21.3 Å². The van der Waals surface area contributed by atoms with Crippen LogP contribution in [0.15, 0.2) is 0 Å². The summed E-state index contributed by atoms with van der Waals surface area (Å²) in [4.78, 5) is 144. The normalized spacial score (nSPS) is 19.1. The highest BCUT2D eigenvalue weighted by atomic mass is 16.4. The SMILES string of the molecule is CCCCC[C@H](CC(=O)[C@@H]1CCCN1C(=O)CCC(=O)[C@H](C)NC(=O)[C@@H](CC(=O)CNC(=O)[C@@H](CC(=O)[C@H](CCC(N)=O)NC(=O)CCC(=O)[C@@H]1C[C@@H](CO)CN1)CC(C)C)CC(C)C)C(=O)O. The number of aliphatic hydroxyl groups is 1. The van der Waals surface area contributed by atoms with Crippen molar-refractivity contribution in [2.24, 2.45) is 41.2 Å². The summed E-state index contributed by atoms with van der Waals surface area (Å²) < 4.78 is 0. The van der Waals surface area contributed by atoms with Crippen molar-refractivity contribution in [2.45, 2.75) is 181 Å². The van der Waals surface area contributed by atoms with E-state index in [9.17, 15) is 63.0 Å². The Kier molecular flexibility index (Phi) is 26.6. The maximum atomic E-state index is 13.6. The number of carboxylic acid groups (broad SMARTS) is 1. The van der Waals surface area contributed by atoms with E-state index >= 15 is 0 Å². The molecule has 2 fully saturated rings. The van der Waals surface area contributed by atoms with E-state index < -0.39 is 101 Å². The first-order valence-corrected chi connectivity index (χ1v) is 24.7. The number of nitrogens with two attached hydrogens (primary N) is 1. The predicted molar refractivity (Wildman–Crippen MR) is 251 cm³/mol. The van der Waals surface area contributed by atoms with Crippen molar-refractivity contribution < 1.29 is 63.0 Å². The first kappa shape index (κ1) is 59.2. The number of carbonyl (C=O) groups excluding carboxylic acids is 10. The number of carboxylic acids is 1. The zero-order chi connectivity index (χ0) is 51.1. The molecule has 8 N–H and O–H groups in total. The minimum Gasteiger partial charge on any atom is -0.481 e. The van der Waals surface area contributed by atoms with Gasteiger partial charge in [-0.25, -0.2) is 0 Å². The Bertz CT molecular complexity index is 1770. The lowest BCUT2D eigenvalue weighted by Crippen LogP contribution is -2.45. The van der Waals surface area contributed by atoms with E-state index in [1.165, 1.54) is 11.8 Å². The Hall–Kier alpha value is -4.91. The summed E-state index contributed by atoms with van der Waals surface area (Å²) in [7, 11) is 0. The van der Waals surface area contributed by atoms with Crippen LogP contribution in [0.1, 0.15) is 157 Å². The molecule has 0 saturated carbocycles. The number of nitrogens with zero attached hydrogens (tertiary/aromatic N) is 1. The van der Waals surface area contributed by atoms with E-state index in [1.807, 2.05) is 34.6 Å². The molecule has 68 heavy (non-hydrogen) atoms. The number of carbonyl (C=O) groups is 11. The summed E-state index contributed by atoms with van der Waals surface area (Å²) in [6.07, 6.45) is 3.02. The maximum Gasteiger partial charge on any atom is 0.306 e. The van der Waals surface area contributed by atoms with Crippen LogP contribution < -0.4 is 27.0 Å². The van der Waals surface area contributed by atoms with Gasteiger partial charge in [-0.05, 0) is 69.6 Å². The monoisotopic (exact) mass is 961 g/mol.